The van der Waals surface area contributed by atoms with Crippen LogP contribution in [-0.4, -0.2) is 4.98 Å². The highest BCUT2D eigenvalue weighted by molar-refractivity contribution is 7.71. The summed E-state index contributed by atoms with van der Waals surface area (Å²) in [7, 11) is 0. The zero-order chi connectivity index (χ0) is 9.97. The molecule has 2 aromatic rings. The Kier molecular flexibility index (Phi) is 2.50. The smallest absolute Gasteiger partial charge is 0.266 e. The number of benzene rings is 1. The molecular weight excluding hydrogens is 194 g/mol. The fraction of sp³-hybridized carbons (Fsp3) is 0.182. The van der Waals surface area contributed by atoms with E-state index >= 15 is 0 Å². The van der Waals surface area contributed by atoms with E-state index in [0.29, 0.717) is 4.84 Å². The van der Waals surface area contributed by atoms with Crippen LogP contribution in [0.4, 0.5) is 0 Å². The molecule has 72 valence electrons. The molecule has 0 amide bonds. The van der Waals surface area contributed by atoms with E-state index in [9.17, 15) is 0 Å². The van der Waals surface area contributed by atoms with Gasteiger partial charge in [0.05, 0.1) is 5.69 Å². The third-order valence-electron chi connectivity index (χ3n) is 2.09. The molecule has 3 heteroatoms. The van der Waals surface area contributed by atoms with Gasteiger partial charge in [-0.1, -0.05) is 29.8 Å². The number of rotatable bonds is 2. The fourth-order valence-electron chi connectivity index (χ4n) is 1.33. The van der Waals surface area contributed by atoms with Crippen molar-refractivity contribution in [3.8, 4) is 0 Å². The van der Waals surface area contributed by atoms with Gasteiger partial charge >= 0.3 is 0 Å². The van der Waals surface area contributed by atoms with Crippen molar-refractivity contribution in [2.75, 3.05) is 0 Å². The number of aromatic nitrogens is 1. The molecular formula is C11H11NOS. The zero-order valence-corrected chi connectivity index (χ0v) is 8.73. The highest BCUT2D eigenvalue weighted by Gasteiger charge is 1.98. The molecule has 0 aliphatic heterocycles. The summed E-state index contributed by atoms with van der Waals surface area (Å²) < 4.78 is 5.02. The average Bonchev–Trinajstić information content (AvgIpc) is 2.56. The van der Waals surface area contributed by atoms with Gasteiger partial charge in [0.25, 0.3) is 4.84 Å². The van der Waals surface area contributed by atoms with Crippen LogP contribution in [0.2, 0.25) is 0 Å². The maximum atomic E-state index is 5.02. The first-order valence-electron chi connectivity index (χ1n) is 4.46. The van der Waals surface area contributed by atoms with E-state index in [4.69, 9.17) is 16.6 Å². The molecule has 14 heavy (non-hydrogen) atoms. The van der Waals surface area contributed by atoms with Crippen molar-refractivity contribution in [2.45, 2.75) is 13.3 Å². The fourth-order valence-corrected chi connectivity index (χ4v) is 1.51. The maximum absolute atomic E-state index is 5.02. The van der Waals surface area contributed by atoms with E-state index < -0.39 is 0 Å². The molecule has 1 heterocycles. The van der Waals surface area contributed by atoms with Gasteiger partial charge in [0, 0.05) is 6.42 Å². The Morgan fingerprint density at radius 1 is 1.29 bits per heavy atom. The molecule has 2 nitrogen and oxygen atoms in total. The summed E-state index contributed by atoms with van der Waals surface area (Å²) >= 11 is 4.85. The minimum absolute atomic E-state index is 0.437. The Morgan fingerprint density at radius 2 is 2.00 bits per heavy atom. The summed E-state index contributed by atoms with van der Waals surface area (Å²) in [4.78, 5) is 3.42. The number of hydrogen-bond donors (Lipinski definition) is 1. The Hall–Kier alpha value is -1.35. The minimum atomic E-state index is 0.437. The number of oxazole rings is 1. The van der Waals surface area contributed by atoms with Crippen LogP contribution in [-0.2, 0) is 6.42 Å². The summed E-state index contributed by atoms with van der Waals surface area (Å²) in [5.74, 6) is 0. The number of aryl methyl sites for hydroxylation is 1. The Balaban J connectivity index is 2.19. The van der Waals surface area contributed by atoms with Crippen LogP contribution in [0.5, 0.6) is 0 Å². The molecule has 0 saturated heterocycles. The third-order valence-corrected chi connectivity index (χ3v) is 2.28. The summed E-state index contributed by atoms with van der Waals surface area (Å²) in [6, 6.07) is 8.42. The number of aromatic amines is 1. The predicted octanol–water partition coefficient (Wildman–Crippen LogP) is 3.24. The molecule has 0 aliphatic rings. The van der Waals surface area contributed by atoms with Crippen molar-refractivity contribution in [1.82, 2.24) is 4.98 Å². The summed E-state index contributed by atoms with van der Waals surface area (Å²) in [5.41, 5.74) is 3.54. The van der Waals surface area contributed by atoms with Gasteiger partial charge in [-0.05, 0) is 24.7 Å². The van der Waals surface area contributed by atoms with Crippen LogP contribution < -0.4 is 0 Å². The topological polar surface area (TPSA) is 28.9 Å². The van der Waals surface area contributed by atoms with E-state index in [1.807, 2.05) is 0 Å². The second-order valence-corrected chi connectivity index (χ2v) is 3.71. The lowest BCUT2D eigenvalue weighted by Crippen LogP contribution is -1.87. The first-order valence-corrected chi connectivity index (χ1v) is 4.87. The van der Waals surface area contributed by atoms with E-state index in [-0.39, 0.29) is 0 Å². The quantitative estimate of drug-likeness (QED) is 0.762. The Morgan fingerprint density at radius 3 is 2.57 bits per heavy atom. The second kappa shape index (κ2) is 3.80. The molecule has 1 aromatic carbocycles. The lowest BCUT2D eigenvalue weighted by Gasteiger charge is -1.98. The molecule has 1 aromatic heterocycles. The van der Waals surface area contributed by atoms with Crippen molar-refractivity contribution in [2.24, 2.45) is 0 Å². The van der Waals surface area contributed by atoms with Crippen LogP contribution in [0.15, 0.2) is 34.9 Å². The van der Waals surface area contributed by atoms with E-state index in [2.05, 4.69) is 36.2 Å². The SMILES string of the molecule is Cc1ccc(Cc2coc(=S)[nH]2)cc1. The van der Waals surface area contributed by atoms with Gasteiger partial charge in [0.1, 0.15) is 6.26 Å². The molecule has 0 unspecified atom stereocenters. The van der Waals surface area contributed by atoms with Gasteiger partial charge in [-0.3, -0.25) is 0 Å². The van der Waals surface area contributed by atoms with Gasteiger partial charge in [-0.25, -0.2) is 0 Å². The van der Waals surface area contributed by atoms with Gasteiger partial charge in [0.2, 0.25) is 0 Å². The molecule has 2 rings (SSSR count). The van der Waals surface area contributed by atoms with Gasteiger partial charge < -0.3 is 9.40 Å². The first-order chi connectivity index (χ1) is 6.74. The number of H-pyrrole nitrogens is 1. The van der Waals surface area contributed by atoms with Crippen LogP contribution in [0, 0.1) is 11.8 Å². The molecule has 0 spiro atoms. The second-order valence-electron chi connectivity index (χ2n) is 3.34. The highest BCUT2D eigenvalue weighted by atomic mass is 32.1. The first kappa shape index (κ1) is 9.21. The average molecular weight is 205 g/mol. The van der Waals surface area contributed by atoms with Crippen LogP contribution >= 0.6 is 12.2 Å². The van der Waals surface area contributed by atoms with Gasteiger partial charge in [0.15, 0.2) is 0 Å². The molecule has 0 atom stereocenters. The highest BCUT2D eigenvalue weighted by Crippen LogP contribution is 2.09. The van der Waals surface area contributed by atoms with E-state index in [1.165, 1.54) is 11.1 Å². The maximum Gasteiger partial charge on any atom is 0.266 e. The van der Waals surface area contributed by atoms with Crippen LogP contribution in [0.3, 0.4) is 0 Å². The molecule has 0 saturated carbocycles. The number of hydrogen-bond acceptors (Lipinski definition) is 2. The van der Waals surface area contributed by atoms with Crippen molar-refractivity contribution >= 4 is 12.2 Å². The van der Waals surface area contributed by atoms with Gasteiger partial charge in [-0.2, -0.15) is 0 Å². The number of nitrogens with one attached hydrogen (secondary N) is 1. The monoisotopic (exact) mass is 205 g/mol. The molecule has 0 fully saturated rings. The third kappa shape index (κ3) is 2.12. The molecule has 0 bridgehead atoms. The van der Waals surface area contributed by atoms with Crippen molar-refractivity contribution in [1.29, 1.82) is 0 Å². The largest absolute Gasteiger partial charge is 0.438 e. The zero-order valence-electron chi connectivity index (χ0n) is 7.91. The lowest BCUT2D eigenvalue weighted by molar-refractivity contribution is 0.539. The van der Waals surface area contributed by atoms with Crippen molar-refractivity contribution < 1.29 is 4.42 Å². The Labute approximate surface area is 87.6 Å². The molecule has 0 radical (unpaired) electrons. The summed E-state index contributed by atoms with van der Waals surface area (Å²) in [6.07, 6.45) is 2.50. The summed E-state index contributed by atoms with van der Waals surface area (Å²) in [5, 5.41) is 0. The van der Waals surface area contributed by atoms with Crippen LogP contribution in [0.1, 0.15) is 16.8 Å². The van der Waals surface area contributed by atoms with Crippen LogP contribution in [0.25, 0.3) is 0 Å². The predicted molar refractivity (Wildman–Crippen MR) is 57.9 cm³/mol. The normalized spacial score (nSPS) is 10.4. The van der Waals surface area contributed by atoms with E-state index in [1.54, 1.807) is 6.26 Å². The standard InChI is InChI=1S/C11H11NOS/c1-8-2-4-9(5-3-8)6-10-7-13-11(14)12-10/h2-5,7H,6H2,1H3,(H,12,14). The van der Waals surface area contributed by atoms with Crippen molar-refractivity contribution in [3.63, 3.8) is 0 Å². The summed E-state index contributed by atoms with van der Waals surface area (Å²) in [6.45, 7) is 2.08. The minimum Gasteiger partial charge on any atom is -0.438 e. The van der Waals surface area contributed by atoms with E-state index in [0.717, 1.165) is 12.1 Å². The van der Waals surface area contributed by atoms with Gasteiger partial charge in [-0.15, -0.1) is 0 Å². The molecule has 1 N–H and O–H groups in total. The molecule has 0 aliphatic carbocycles. The lowest BCUT2D eigenvalue weighted by atomic mass is 10.1. The van der Waals surface area contributed by atoms with Crippen molar-refractivity contribution in [3.05, 3.63) is 52.2 Å². The Bertz CT molecular complexity index is 467.